The third kappa shape index (κ3) is 3.80. The normalized spacial score (nSPS) is 22.1. The summed E-state index contributed by atoms with van der Waals surface area (Å²) in [5, 5.41) is 8.71. The zero-order chi connectivity index (χ0) is 11.1. The molecule has 4 heteroatoms. The summed E-state index contributed by atoms with van der Waals surface area (Å²) >= 11 is 0. The molecule has 1 fully saturated rings. The molecule has 1 saturated heterocycles. The zero-order valence-corrected chi connectivity index (χ0v) is 9.45. The number of rotatable bonds is 6. The average molecular weight is 215 g/mol. The van der Waals surface area contributed by atoms with E-state index in [1.165, 1.54) is 0 Å². The predicted molar refractivity (Wildman–Crippen MR) is 57.5 cm³/mol. The van der Waals surface area contributed by atoms with Gasteiger partial charge in [0.1, 0.15) is 6.10 Å². The van der Waals surface area contributed by atoms with Gasteiger partial charge in [-0.1, -0.05) is 13.3 Å². The van der Waals surface area contributed by atoms with Crippen LogP contribution in [0.15, 0.2) is 0 Å². The first-order valence-electron chi connectivity index (χ1n) is 5.80. The molecule has 0 bridgehead atoms. The maximum Gasteiger partial charge on any atom is 0.251 e. The van der Waals surface area contributed by atoms with Crippen molar-refractivity contribution in [1.29, 1.82) is 0 Å². The highest BCUT2D eigenvalue weighted by molar-refractivity contribution is 5.81. The van der Waals surface area contributed by atoms with E-state index in [9.17, 15) is 4.79 Å². The molecule has 1 aliphatic heterocycles. The highest BCUT2D eigenvalue weighted by atomic mass is 16.5. The SMILES string of the molecule is CCCCN1CCOC(CCCO)C1=O. The third-order valence-electron chi connectivity index (χ3n) is 2.67. The Morgan fingerprint density at radius 2 is 2.33 bits per heavy atom. The molecule has 1 amide bonds. The van der Waals surface area contributed by atoms with Gasteiger partial charge in [0.05, 0.1) is 6.61 Å². The van der Waals surface area contributed by atoms with Gasteiger partial charge in [0.2, 0.25) is 0 Å². The lowest BCUT2D eigenvalue weighted by Crippen LogP contribution is -2.48. The fourth-order valence-electron chi connectivity index (χ4n) is 1.74. The van der Waals surface area contributed by atoms with Crippen LogP contribution in [0.2, 0.25) is 0 Å². The van der Waals surface area contributed by atoms with E-state index in [4.69, 9.17) is 9.84 Å². The number of amides is 1. The molecule has 0 saturated carbocycles. The van der Waals surface area contributed by atoms with E-state index in [1.54, 1.807) is 0 Å². The van der Waals surface area contributed by atoms with E-state index in [0.717, 1.165) is 19.4 Å². The molecule has 15 heavy (non-hydrogen) atoms. The molecule has 0 aromatic rings. The number of aliphatic hydroxyl groups is 1. The van der Waals surface area contributed by atoms with Crippen LogP contribution in [0.5, 0.6) is 0 Å². The second-order valence-corrected chi connectivity index (χ2v) is 3.90. The van der Waals surface area contributed by atoms with Gasteiger partial charge in [-0.3, -0.25) is 4.79 Å². The maximum absolute atomic E-state index is 11.9. The largest absolute Gasteiger partial charge is 0.396 e. The number of morpholine rings is 1. The van der Waals surface area contributed by atoms with E-state index < -0.39 is 0 Å². The number of hydrogen-bond donors (Lipinski definition) is 1. The minimum Gasteiger partial charge on any atom is -0.396 e. The monoisotopic (exact) mass is 215 g/mol. The fraction of sp³-hybridized carbons (Fsp3) is 0.909. The summed E-state index contributed by atoms with van der Waals surface area (Å²) in [7, 11) is 0. The maximum atomic E-state index is 11.9. The number of ether oxygens (including phenoxy) is 1. The number of nitrogens with zero attached hydrogens (tertiary/aromatic N) is 1. The van der Waals surface area contributed by atoms with Crippen molar-refractivity contribution < 1.29 is 14.6 Å². The van der Waals surface area contributed by atoms with E-state index in [1.807, 2.05) is 4.90 Å². The molecular formula is C11H21NO3. The molecule has 0 aliphatic carbocycles. The summed E-state index contributed by atoms with van der Waals surface area (Å²) in [5.41, 5.74) is 0. The summed E-state index contributed by atoms with van der Waals surface area (Å²) in [5.74, 6) is 0.100. The van der Waals surface area contributed by atoms with Crippen LogP contribution < -0.4 is 0 Å². The molecule has 0 radical (unpaired) electrons. The van der Waals surface area contributed by atoms with Crippen LogP contribution >= 0.6 is 0 Å². The molecule has 1 atom stereocenters. The quantitative estimate of drug-likeness (QED) is 0.712. The summed E-state index contributed by atoms with van der Waals surface area (Å²) in [4.78, 5) is 13.7. The Labute approximate surface area is 91.2 Å². The summed E-state index contributed by atoms with van der Waals surface area (Å²) < 4.78 is 5.40. The van der Waals surface area contributed by atoms with Gasteiger partial charge < -0.3 is 14.7 Å². The summed E-state index contributed by atoms with van der Waals surface area (Å²) in [6.45, 7) is 4.44. The van der Waals surface area contributed by atoms with E-state index >= 15 is 0 Å². The first kappa shape index (κ1) is 12.5. The van der Waals surface area contributed by atoms with Crippen molar-refractivity contribution in [2.45, 2.75) is 38.7 Å². The van der Waals surface area contributed by atoms with Crippen LogP contribution in [0.1, 0.15) is 32.6 Å². The van der Waals surface area contributed by atoms with Crippen molar-refractivity contribution in [3.63, 3.8) is 0 Å². The number of carbonyl (C=O) groups excluding carboxylic acids is 1. The predicted octanol–water partition coefficient (Wildman–Crippen LogP) is 0.786. The van der Waals surface area contributed by atoms with E-state index in [-0.39, 0.29) is 18.6 Å². The molecular weight excluding hydrogens is 194 g/mol. The highest BCUT2D eigenvalue weighted by Crippen LogP contribution is 2.12. The molecule has 0 aromatic heterocycles. The van der Waals surface area contributed by atoms with Crippen LogP contribution in [0.25, 0.3) is 0 Å². The number of unbranched alkanes of at least 4 members (excludes halogenated alkanes) is 1. The topological polar surface area (TPSA) is 49.8 Å². The van der Waals surface area contributed by atoms with Crippen molar-refractivity contribution in [2.75, 3.05) is 26.3 Å². The van der Waals surface area contributed by atoms with Gasteiger partial charge in [0, 0.05) is 19.7 Å². The Bertz CT molecular complexity index is 178. The number of hydrogen-bond acceptors (Lipinski definition) is 3. The standard InChI is InChI=1S/C11H21NO3/c1-2-3-6-12-7-9-15-10(11(12)14)5-4-8-13/h10,13H,2-9H2,1H3. The van der Waals surface area contributed by atoms with Gasteiger partial charge in [-0.15, -0.1) is 0 Å². The minimum absolute atomic E-state index is 0.100. The Kier molecular flexibility index (Phi) is 5.65. The highest BCUT2D eigenvalue weighted by Gasteiger charge is 2.28. The van der Waals surface area contributed by atoms with E-state index in [0.29, 0.717) is 26.0 Å². The number of aliphatic hydroxyl groups excluding tert-OH is 1. The lowest BCUT2D eigenvalue weighted by Gasteiger charge is -2.32. The van der Waals surface area contributed by atoms with Gasteiger partial charge in [0.25, 0.3) is 5.91 Å². The van der Waals surface area contributed by atoms with Gasteiger partial charge in [-0.25, -0.2) is 0 Å². The third-order valence-corrected chi connectivity index (χ3v) is 2.67. The Morgan fingerprint density at radius 1 is 1.53 bits per heavy atom. The van der Waals surface area contributed by atoms with Crippen LogP contribution in [-0.4, -0.2) is 48.3 Å². The summed E-state index contributed by atoms with van der Waals surface area (Å²) in [6.07, 6.45) is 3.11. The molecule has 0 aromatic carbocycles. The molecule has 1 unspecified atom stereocenters. The smallest absolute Gasteiger partial charge is 0.251 e. The van der Waals surface area contributed by atoms with Crippen molar-refractivity contribution in [1.82, 2.24) is 4.90 Å². The first-order valence-corrected chi connectivity index (χ1v) is 5.80. The molecule has 4 nitrogen and oxygen atoms in total. The fourth-order valence-corrected chi connectivity index (χ4v) is 1.74. The lowest BCUT2D eigenvalue weighted by atomic mass is 10.1. The average Bonchev–Trinajstić information content (AvgIpc) is 2.26. The van der Waals surface area contributed by atoms with Crippen molar-refractivity contribution >= 4 is 5.91 Å². The molecule has 1 N–H and O–H groups in total. The Morgan fingerprint density at radius 3 is 3.00 bits per heavy atom. The molecule has 0 spiro atoms. The zero-order valence-electron chi connectivity index (χ0n) is 9.45. The van der Waals surface area contributed by atoms with Gasteiger partial charge >= 0.3 is 0 Å². The minimum atomic E-state index is -0.317. The van der Waals surface area contributed by atoms with Crippen LogP contribution in [0, 0.1) is 0 Å². The molecule has 1 heterocycles. The van der Waals surface area contributed by atoms with Gasteiger partial charge in [0.15, 0.2) is 0 Å². The molecule has 1 rings (SSSR count). The van der Waals surface area contributed by atoms with Gasteiger partial charge in [-0.05, 0) is 19.3 Å². The number of carbonyl (C=O) groups is 1. The lowest BCUT2D eigenvalue weighted by molar-refractivity contribution is -0.153. The second kappa shape index (κ2) is 6.80. The van der Waals surface area contributed by atoms with Crippen molar-refractivity contribution in [3.8, 4) is 0 Å². The van der Waals surface area contributed by atoms with Crippen LogP contribution in [0.4, 0.5) is 0 Å². The second-order valence-electron chi connectivity index (χ2n) is 3.90. The van der Waals surface area contributed by atoms with Crippen molar-refractivity contribution in [2.24, 2.45) is 0 Å². The van der Waals surface area contributed by atoms with Crippen LogP contribution in [-0.2, 0) is 9.53 Å². The van der Waals surface area contributed by atoms with Crippen molar-refractivity contribution in [3.05, 3.63) is 0 Å². The van der Waals surface area contributed by atoms with E-state index in [2.05, 4.69) is 6.92 Å². The van der Waals surface area contributed by atoms with Crippen LogP contribution in [0.3, 0.4) is 0 Å². The Hall–Kier alpha value is -0.610. The molecule has 88 valence electrons. The summed E-state index contributed by atoms with van der Waals surface area (Å²) in [6, 6.07) is 0. The first-order chi connectivity index (χ1) is 7.29. The molecule has 1 aliphatic rings. The Balaban J connectivity index is 2.36. The van der Waals surface area contributed by atoms with Gasteiger partial charge in [-0.2, -0.15) is 0 Å².